The summed E-state index contributed by atoms with van der Waals surface area (Å²) in [4.78, 5) is 0. The zero-order chi connectivity index (χ0) is 15.2. The van der Waals surface area contributed by atoms with Crippen molar-refractivity contribution in [1.82, 2.24) is 20.4 Å². The molecular weight excluding hydrogens is 326 g/mol. The quantitative estimate of drug-likeness (QED) is 0.490. The standard InChI is InChI=1S/C12H13N5O3S2/c1-18-6-4-13-11-16-17-12(22-11)21-7-9-14-15-10(20-9)8-3-2-5-19-8/h2-3,5H,4,6-7H2,1H3,(H,13,16). The molecule has 0 fully saturated rings. The van der Waals surface area contributed by atoms with E-state index in [1.165, 1.54) is 23.1 Å². The smallest absolute Gasteiger partial charge is 0.283 e. The summed E-state index contributed by atoms with van der Waals surface area (Å²) in [5.41, 5.74) is 0. The highest BCUT2D eigenvalue weighted by molar-refractivity contribution is 8.00. The van der Waals surface area contributed by atoms with Gasteiger partial charge in [-0.05, 0) is 12.1 Å². The lowest BCUT2D eigenvalue weighted by Gasteiger charge is -1.98. The SMILES string of the molecule is COCCNc1nnc(SCc2nnc(-c3ccco3)o2)s1. The maximum Gasteiger partial charge on any atom is 0.283 e. The van der Waals surface area contributed by atoms with Crippen LogP contribution in [0.3, 0.4) is 0 Å². The van der Waals surface area contributed by atoms with Gasteiger partial charge in [-0.1, -0.05) is 23.1 Å². The van der Waals surface area contributed by atoms with Crippen LogP contribution in [-0.2, 0) is 10.5 Å². The molecule has 0 aliphatic heterocycles. The number of rotatable bonds is 8. The van der Waals surface area contributed by atoms with Gasteiger partial charge in [0.1, 0.15) is 0 Å². The summed E-state index contributed by atoms with van der Waals surface area (Å²) >= 11 is 2.96. The molecule has 3 aromatic heterocycles. The highest BCUT2D eigenvalue weighted by atomic mass is 32.2. The molecule has 3 rings (SSSR count). The van der Waals surface area contributed by atoms with E-state index in [0.29, 0.717) is 36.4 Å². The van der Waals surface area contributed by atoms with E-state index in [-0.39, 0.29) is 0 Å². The van der Waals surface area contributed by atoms with E-state index in [4.69, 9.17) is 13.6 Å². The minimum absolute atomic E-state index is 0.375. The number of hydrogen-bond donors (Lipinski definition) is 1. The number of methoxy groups -OCH3 is 1. The van der Waals surface area contributed by atoms with Crippen molar-refractivity contribution >= 4 is 28.2 Å². The van der Waals surface area contributed by atoms with Gasteiger partial charge in [0, 0.05) is 13.7 Å². The van der Waals surface area contributed by atoms with Crippen molar-refractivity contribution in [1.29, 1.82) is 0 Å². The predicted molar refractivity (Wildman–Crippen MR) is 81.8 cm³/mol. The number of aromatic nitrogens is 4. The molecule has 22 heavy (non-hydrogen) atoms. The second-order valence-electron chi connectivity index (χ2n) is 4.06. The zero-order valence-corrected chi connectivity index (χ0v) is 13.3. The summed E-state index contributed by atoms with van der Waals surface area (Å²) in [5.74, 6) is 1.98. The Labute approximate surface area is 134 Å². The van der Waals surface area contributed by atoms with Crippen molar-refractivity contribution in [2.75, 3.05) is 25.6 Å². The Hall–Kier alpha value is -1.91. The Morgan fingerprint density at radius 3 is 3.09 bits per heavy atom. The first-order valence-electron chi connectivity index (χ1n) is 6.40. The molecule has 0 bridgehead atoms. The van der Waals surface area contributed by atoms with E-state index >= 15 is 0 Å². The van der Waals surface area contributed by atoms with Crippen LogP contribution in [0.25, 0.3) is 11.7 Å². The van der Waals surface area contributed by atoms with Gasteiger partial charge in [-0.2, -0.15) is 0 Å². The van der Waals surface area contributed by atoms with Gasteiger partial charge in [0.25, 0.3) is 5.89 Å². The van der Waals surface area contributed by atoms with Gasteiger partial charge < -0.3 is 18.9 Å². The van der Waals surface area contributed by atoms with Crippen LogP contribution >= 0.6 is 23.1 Å². The molecule has 0 spiro atoms. The highest BCUT2D eigenvalue weighted by Gasteiger charge is 2.12. The van der Waals surface area contributed by atoms with Crippen molar-refractivity contribution in [3.63, 3.8) is 0 Å². The minimum atomic E-state index is 0.375. The lowest BCUT2D eigenvalue weighted by molar-refractivity contribution is 0.211. The lowest BCUT2D eigenvalue weighted by Crippen LogP contribution is -2.06. The Kier molecular flexibility index (Phi) is 5.03. The maximum atomic E-state index is 5.52. The first kappa shape index (κ1) is 15.0. The van der Waals surface area contributed by atoms with Gasteiger partial charge in [-0.15, -0.1) is 20.4 Å². The van der Waals surface area contributed by atoms with Crippen LogP contribution in [0.15, 0.2) is 31.6 Å². The first-order chi connectivity index (χ1) is 10.8. The van der Waals surface area contributed by atoms with E-state index in [0.717, 1.165) is 9.47 Å². The number of nitrogens with zero attached hydrogens (tertiary/aromatic N) is 4. The number of nitrogens with one attached hydrogen (secondary N) is 1. The molecule has 0 saturated heterocycles. The molecule has 0 unspecified atom stereocenters. The van der Waals surface area contributed by atoms with Gasteiger partial charge in [-0.25, -0.2) is 0 Å². The zero-order valence-electron chi connectivity index (χ0n) is 11.7. The summed E-state index contributed by atoms with van der Waals surface area (Å²) in [6.45, 7) is 1.32. The van der Waals surface area contributed by atoms with E-state index < -0.39 is 0 Å². The second-order valence-corrected chi connectivity index (χ2v) is 6.26. The average Bonchev–Trinajstić information content (AvgIpc) is 3.26. The Bertz CT molecular complexity index is 697. The van der Waals surface area contributed by atoms with E-state index in [1.54, 1.807) is 25.5 Å². The summed E-state index contributed by atoms with van der Waals surface area (Å²) in [6.07, 6.45) is 1.56. The minimum Gasteiger partial charge on any atom is -0.459 e. The van der Waals surface area contributed by atoms with Crippen molar-refractivity contribution in [3.05, 3.63) is 24.3 Å². The lowest BCUT2D eigenvalue weighted by atomic mass is 10.5. The molecule has 0 radical (unpaired) electrons. The number of hydrogen-bond acceptors (Lipinski definition) is 10. The molecular formula is C12H13N5O3S2. The number of ether oxygens (including phenoxy) is 1. The van der Waals surface area contributed by atoms with E-state index in [2.05, 4.69) is 25.7 Å². The molecule has 0 saturated carbocycles. The van der Waals surface area contributed by atoms with Crippen LogP contribution in [0.5, 0.6) is 0 Å². The molecule has 1 N–H and O–H groups in total. The molecule has 8 nitrogen and oxygen atoms in total. The van der Waals surface area contributed by atoms with Crippen LogP contribution in [0.4, 0.5) is 5.13 Å². The van der Waals surface area contributed by atoms with Crippen molar-refractivity contribution < 1.29 is 13.6 Å². The molecule has 0 aliphatic carbocycles. The molecule has 10 heteroatoms. The van der Waals surface area contributed by atoms with Crippen LogP contribution < -0.4 is 5.32 Å². The van der Waals surface area contributed by atoms with Crippen LogP contribution in [-0.4, -0.2) is 40.7 Å². The van der Waals surface area contributed by atoms with Crippen molar-refractivity contribution in [3.8, 4) is 11.7 Å². The Morgan fingerprint density at radius 1 is 1.32 bits per heavy atom. The monoisotopic (exact) mass is 339 g/mol. The molecule has 116 valence electrons. The van der Waals surface area contributed by atoms with Crippen LogP contribution in [0.1, 0.15) is 5.89 Å². The normalized spacial score (nSPS) is 11.0. The van der Waals surface area contributed by atoms with E-state index in [1.807, 2.05) is 0 Å². The van der Waals surface area contributed by atoms with Crippen molar-refractivity contribution in [2.24, 2.45) is 0 Å². The molecule has 0 atom stereocenters. The van der Waals surface area contributed by atoms with Crippen LogP contribution in [0.2, 0.25) is 0 Å². The average molecular weight is 339 g/mol. The fraction of sp³-hybridized carbons (Fsp3) is 0.333. The Morgan fingerprint density at radius 2 is 2.27 bits per heavy atom. The third kappa shape index (κ3) is 3.84. The van der Waals surface area contributed by atoms with Crippen LogP contribution in [0, 0.1) is 0 Å². The van der Waals surface area contributed by atoms with E-state index in [9.17, 15) is 0 Å². The molecule has 0 amide bonds. The summed E-state index contributed by atoms with van der Waals surface area (Å²) < 4.78 is 16.5. The number of furan rings is 1. The van der Waals surface area contributed by atoms with Gasteiger partial charge in [0.05, 0.1) is 18.6 Å². The third-order valence-electron chi connectivity index (χ3n) is 2.51. The molecule has 0 aromatic carbocycles. The second kappa shape index (κ2) is 7.38. The largest absolute Gasteiger partial charge is 0.459 e. The van der Waals surface area contributed by atoms with Gasteiger partial charge in [0.15, 0.2) is 10.1 Å². The summed E-state index contributed by atoms with van der Waals surface area (Å²) in [6, 6.07) is 3.54. The number of thioether (sulfide) groups is 1. The highest BCUT2D eigenvalue weighted by Crippen LogP contribution is 2.28. The van der Waals surface area contributed by atoms with Crippen molar-refractivity contribution in [2.45, 2.75) is 10.1 Å². The molecule has 0 aliphatic rings. The summed E-state index contributed by atoms with van der Waals surface area (Å²) in [5, 5.41) is 20.0. The summed E-state index contributed by atoms with van der Waals surface area (Å²) in [7, 11) is 1.66. The topological polar surface area (TPSA) is 99.1 Å². The number of anilines is 1. The maximum absolute atomic E-state index is 5.52. The Balaban J connectivity index is 1.52. The van der Waals surface area contributed by atoms with Gasteiger partial charge in [0.2, 0.25) is 11.0 Å². The fourth-order valence-electron chi connectivity index (χ4n) is 1.53. The fourth-order valence-corrected chi connectivity index (χ4v) is 3.15. The molecule has 3 heterocycles. The van der Waals surface area contributed by atoms with Gasteiger partial charge in [-0.3, -0.25) is 0 Å². The first-order valence-corrected chi connectivity index (χ1v) is 8.21. The third-order valence-corrected chi connectivity index (χ3v) is 4.51. The molecule has 3 aromatic rings. The predicted octanol–water partition coefficient (Wildman–Crippen LogP) is 2.53. The van der Waals surface area contributed by atoms with Gasteiger partial charge >= 0.3 is 0 Å².